The molecule has 82 valence electrons. The molecule has 2 aromatic rings. The van der Waals surface area contributed by atoms with E-state index < -0.39 is 0 Å². The van der Waals surface area contributed by atoms with Crippen LogP contribution in [0, 0.1) is 5.82 Å². The van der Waals surface area contributed by atoms with Crippen molar-refractivity contribution >= 4 is 17.4 Å². The van der Waals surface area contributed by atoms with Crippen molar-refractivity contribution in [1.29, 1.82) is 0 Å². The van der Waals surface area contributed by atoms with E-state index in [1.54, 1.807) is 18.2 Å². The van der Waals surface area contributed by atoms with Gasteiger partial charge >= 0.3 is 0 Å². The number of nitrogens with one attached hydrogen (secondary N) is 1. The standard InChI is InChI=1S/C11H9ClFN3/c12-10-4-5-11(16-15-10)14-7-8-2-1-3-9(13)6-8/h1-6H,7H2,(H,14,16). The summed E-state index contributed by atoms with van der Waals surface area (Å²) in [4.78, 5) is 0. The Kier molecular flexibility index (Phi) is 3.31. The minimum atomic E-state index is -0.249. The highest BCUT2D eigenvalue weighted by atomic mass is 35.5. The largest absolute Gasteiger partial charge is 0.365 e. The van der Waals surface area contributed by atoms with E-state index in [1.807, 2.05) is 6.07 Å². The second-order valence-electron chi connectivity index (χ2n) is 3.22. The topological polar surface area (TPSA) is 37.8 Å². The molecule has 16 heavy (non-hydrogen) atoms. The normalized spacial score (nSPS) is 10.1. The molecule has 0 unspecified atom stereocenters. The van der Waals surface area contributed by atoms with Crippen LogP contribution in [0.25, 0.3) is 0 Å². The SMILES string of the molecule is Fc1cccc(CNc2ccc(Cl)nn2)c1. The van der Waals surface area contributed by atoms with Crippen LogP contribution in [0.5, 0.6) is 0 Å². The molecule has 1 N–H and O–H groups in total. The zero-order chi connectivity index (χ0) is 11.4. The number of rotatable bonds is 3. The molecule has 3 nitrogen and oxygen atoms in total. The Labute approximate surface area is 97.3 Å². The molecule has 1 heterocycles. The van der Waals surface area contributed by atoms with Gasteiger partial charge in [-0.15, -0.1) is 10.2 Å². The fourth-order valence-electron chi connectivity index (χ4n) is 1.25. The fourth-order valence-corrected chi connectivity index (χ4v) is 1.35. The van der Waals surface area contributed by atoms with E-state index in [1.165, 1.54) is 12.1 Å². The molecule has 0 fully saturated rings. The van der Waals surface area contributed by atoms with Gasteiger partial charge < -0.3 is 5.32 Å². The molecule has 0 bridgehead atoms. The van der Waals surface area contributed by atoms with Crippen LogP contribution in [0.3, 0.4) is 0 Å². The van der Waals surface area contributed by atoms with Gasteiger partial charge in [-0.1, -0.05) is 23.7 Å². The Hall–Kier alpha value is -1.68. The maximum absolute atomic E-state index is 12.9. The first-order valence-corrected chi connectivity index (χ1v) is 5.09. The van der Waals surface area contributed by atoms with Gasteiger partial charge in [-0.25, -0.2) is 4.39 Å². The predicted molar refractivity (Wildman–Crippen MR) is 60.8 cm³/mol. The van der Waals surface area contributed by atoms with Gasteiger partial charge in [0, 0.05) is 6.54 Å². The molecule has 0 amide bonds. The zero-order valence-electron chi connectivity index (χ0n) is 8.32. The van der Waals surface area contributed by atoms with Gasteiger partial charge in [-0.2, -0.15) is 0 Å². The number of halogens is 2. The molecule has 0 aliphatic carbocycles. The summed E-state index contributed by atoms with van der Waals surface area (Å²) in [6.07, 6.45) is 0. The van der Waals surface area contributed by atoms with Crippen LogP contribution in [0.15, 0.2) is 36.4 Å². The molecule has 0 atom stereocenters. The lowest BCUT2D eigenvalue weighted by atomic mass is 10.2. The molecule has 0 radical (unpaired) electrons. The first-order chi connectivity index (χ1) is 7.74. The minimum Gasteiger partial charge on any atom is -0.365 e. The van der Waals surface area contributed by atoms with Gasteiger partial charge in [0.25, 0.3) is 0 Å². The van der Waals surface area contributed by atoms with Crippen molar-refractivity contribution in [3.63, 3.8) is 0 Å². The summed E-state index contributed by atoms with van der Waals surface area (Å²) in [6, 6.07) is 9.73. The summed E-state index contributed by atoms with van der Waals surface area (Å²) in [5, 5.41) is 10.9. The number of aromatic nitrogens is 2. The molecule has 1 aromatic carbocycles. The van der Waals surface area contributed by atoms with E-state index in [9.17, 15) is 4.39 Å². The lowest BCUT2D eigenvalue weighted by molar-refractivity contribution is 0.626. The van der Waals surface area contributed by atoms with Crippen LogP contribution in [-0.4, -0.2) is 10.2 Å². The van der Waals surface area contributed by atoms with Gasteiger partial charge in [-0.05, 0) is 29.8 Å². The number of hydrogen-bond acceptors (Lipinski definition) is 3. The molecule has 0 saturated carbocycles. The molecule has 0 spiro atoms. The van der Waals surface area contributed by atoms with Crippen molar-refractivity contribution in [1.82, 2.24) is 10.2 Å². The molecule has 0 saturated heterocycles. The van der Waals surface area contributed by atoms with E-state index in [0.29, 0.717) is 17.5 Å². The van der Waals surface area contributed by atoms with Crippen LogP contribution in [0.1, 0.15) is 5.56 Å². The van der Waals surface area contributed by atoms with E-state index in [0.717, 1.165) is 5.56 Å². The minimum absolute atomic E-state index is 0.249. The lowest BCUT2D eigenvalue weighted by Gasteiger charge is -2.04. The third-order valence-corrected chi connectivity index (χ3v) is 2.20. The Morgan fingerprint density at radius 3 is 2.75 bits per heavy atom. The second-order valence-corrected chi connectivity index (χ2v) is 3.61. The molecule has 0 aliphatic rings. The first-order valence-electron chi connectivity index (χ1n) is 4.71. The summed E-state index contributed by atoms with van der Waals surface area (Å²) >= 11 is 5.60. The quantitative estimate of drug-likeness (QED) is 0.892. The Morgan fingerprint density at radius 1 is 1.19 bits per heavy atom. The molecule has 1 aromatic heterocycles. The highest BCUT2D eigenvalue weighted by Crippen LogP contribution is 2.09. The van der Waals surface area contributed by atoms with Crippen molar-refractivity contribution < 1.29 is 4.39 Å². The van der Waals surface area contributed by atoms with Gasteiger partial charge in [0.15, 0.2) is 5.15 Å². The number of nitrogens with zero attached hydrogens (tertiary/aromatic N) is 2. The second kappa shape index (κ2) is 4.90. The van der Waals surface area contributed by atoms with E-state index in [4.69, 9.17) is 11.6 Å². The van der Waals surface area contributed by atoms with Crippen molar-refractivity contribution in [3.8, 4) is 0 Å². The van der Waals surface area contributed by atoms with Gasteiger partial charge in [0.05, 0.1) is 0 Å². The summed E-state index contributed by atoms with van der Waals surface area (Å²) < 4.78 is 12.9. The molecular formula is C11H9ClFN3. The number of benzene rings is 1. The van der Waals surface area contributed by atoms with E-state index in [-0.39, 0.29) is 5.82 Å². The first kappa shape index (κ1) is 10.8. The lowest BCUT2D eigenvalue weighted by Crippen LogP contribution is -2.02. The zero-order valence-corrected chi connectivity index (χ0v) is 9.08. The van der Waals surface area contributed by atoms with Gasteiger partial charge in [0.2, 0.25) is 0 Å². The van der Waals surface area contributed by atoms with Crippen molar-refractivity contribution in [2.75, 3.05) is 5.32 Å². The summed E-state index contributed by atoms with van der Waals surface area (Å²) in [7, 11) is 0. The van der Waals surface area contributed by atoms with Crippen LogP contribution >= 0.6 is 11.6 Å². The van der Waals surface area contributed by atoms with Crippen LogP contribution in [0.2, 0.25) is 5.15 Å². The molecule has 0 aliphatic heterocycles. The highest BCUT2D eigenvalue weighted by molar-refractivity contribution is 6.29. The van der Waals surface area contributed by atoms with Crippen LogP contribution < -0.4 is 5.32 Å². The van der Waals surface area contributed by atoms with Gasteiger partial charge in [0.1, 0.15) is 11.6 Å². The third-order valence-electron chi connectivity index (χ3n) is 1.99. The summed E-state index contributed by atoms with van der Waals surface area (Å²) in [5.41, 5.74) is 0.844. The Morgan fingerprint density at radius 2 is 2.06 bits per heavy atom. The smallest absolute Gasteiger partial charge is 0.151 e. The van der Waals surface area contributed by atoms with Gasteiger partial charge in [-0.3, -0.25) is 0 Å². The summed E-state index contributed by atoms with van der Waals surface area (Å²) in [6.45, 7) is 0.494. The number of anilines is 1. The summed E-state index contributed by atoms with van der Waals surface area (Å²) in [5.74, 6) is 0.357. The molecular weight excluding hydrogens is 229 g/mol. The molecule has 2 rings (SSSR count). The van der Waals surface area contributed by atoms with E-state index in [2.05, 4.69) is 15.5 Å². The maximum atomic E-state index is 12.9. The fraction of sp³-hybridized carbons (Fsp3) is 0.0909. The average Bonchev–Trinajstić information content (AvgIpc) is 2.28. The van der Waals surface area contributed by atoms with Crippen molar-refractivity contribution in [2.24, 2.45) is 0 Å². The molecule has 5 heteroatoms. The predicted octanol–water partition coefficient (Wildman–Crippen LogP) is 2.88. The maximum Gasteiger partial charge on any atom is 0.151 e. The van der Waals surface area contributed by atoms with Crippen LogP contribution in [0.4, 0.5) is 10.2 Å². The van der Waals surface area contributed by atoms with E-state index >= 15 is 0 Å². The number of hydrogen-bond donors (Lipinski definition) is 1. The Bertz CT molecular complexity index is 473. The highest BCUT2D eigenvalue weighted by Gasteiger charge is 1.97. The average molecular weight is 238 g/mol. The van der Waals surface area contributed by atoms with Crippen molar-refractivity contribution in [2.45, 2.75) is 6.54 Å². The van der Waals surface area contributed by atoms with Crippen LogP contribution in [-0.2, 0) is 6.54 Å². The third kappa shape index (κ3) is 2.90. The monoisotopic (exact) mass is 237 g/mol. The Balaban J connectivity index is 1.99. The van der Waals surface area contributed by atoms with Crippen molar-refractivity contribution in [3.05, 3.63) is 52.9 Å².